The number of hydrogen-bond acceptors (Lipinski definition) is 5. The number of Topliss-reactive ketones (excluding diaryl/α,β-unsaturated/α-hetero) is 1. The molecule has 0 aromatic heterocycles. The summed E-state index contributed by atoms with van der Waals surface area (Å²) in [6.45, 7) is 1.43. The van der Waals surface area contributed by atoms with Crippen molar-refractivity contribution in [3.05, 3.63) is 88.9 Å². The fourth-order valence-corrected chi connectivity index (χ4v) is 4.09. The van der Waals surface area contributed by atoms with Crippen molar-refractivity contribution >= 4 is 39.1 Å². The van der Waals surface area contributed by atoms with Crippen LogP contribution in [0, 0.1) is 0 Å². The summed E-state index contributed by atoms with van der Waals surface area (Å²) in [5.74, 6) is -0.720. The standard InChI is InChI=1S/C22H18ClNO5S/c1-15(25)16-8-10-18(11-9-16)29-22(26)20-14-19(12-13-21(20)23)30(27,28)24(2)17-6-4-3-5-7-17/h3-14H,1-2H3. The van der Waals surface area contributed by atoms with Crippen LogP contribution in [-0.4, -0.2) is 27.2 Å². The molecule has 0 aliphatic heterocycles. The van der Waals surface area contributed by atoms with E-state index in [0.717, 1.165) is 4.31 Å². The van der Waals surface area contributed by atoms with Crippen LogP contribution in [0.2, 0.25) is 5.02 Å². The number of hydrogen-bond donors (Lipinski definition) is 0. The Morgan fingerprint density at radius 2 is 1.57 bits per heavy atom. The van der Waals surface area contributed by atoms with Gasteiger partial charge < -0.3 is 4.74 Å². The molecule has 0 heterocycles. The van der Waals surface area contributed by atoms with Crippen LogP contribution in [0.15, 0.2) is 77.7 Å². The molecule has 3 aromatic rings. The summed E-state index contributed by atoms with van der Waals surface area (Å²) >= 11 is 6.12. The lowest BCUT2D eigenvalue weighted by Gasteiger charge is -2.20. The lowest BCUT2D eigenvalue weighted by Crippen LogP contribution is -2.26. The number of ether oxygens (including phenoxy) is 1. The molecule has 3 rings (SSSR count). The number of sulfonamides is 1. The quantitative estimate of drug-likeness (QED) is 0.316. The molecule has 30 heavy (non-hydrogen) atoms. The summed E-state index contributed by atoms with van der Waals surface area (Å²) < 4.78 is 32.4. The van der Waals surface area contributed by atoms with Gasteiger partial charge in [0.15, 0.2) is 5.78 Å². The maximum absolute atomic E-state index is 13.0. The minimum Gasteiger partial charge on any atom is -0.423 e. The summed E-state index contributed by atoms with van der Waals surface area (Å²) in [4.78, 5) is 23.8. The van der Waals surface area contributed by atoms with Gasteiger partial charge in [0.1, 0.15) is 5.75 Å². The van der Waals surface area contributed by atoms with Gasteiger partial charge in [0.25, 0.3) is 10.0 Å². The largest absolute Gasteiger partial charge is 0.423 e. The van der Waals surface area contributed by atoms with Gasteiger partial charge in [0.2, 0.25) is 0 Å². The molecule has 0 aliphatic carbocycles. The predicted molar refractivity (Wildman–Crippen MR) is 115 cm³/mol. The van der Waals surface area contributed by atoms with E-state index < -0.39 is 16.0 Å². The monoisotopic (exact) mass is 443 g/mol. The third-order valence-corrected chi connectivity index (χ3v) is 6.52. The first-order chi connectivity index (χ1) is 14.2. The van der Waals surface area contributed by atoms with Crippen LogP contribution in [0.25, 0.3) is 0 Å². The van der Waals surface area contributed by atoms with Crippen LogP contribution in [0.4, 0.5) is 5.69 Å². The SMILES string of the molecule is CC(=O)c1ccc(OC(=O)c2cc(S(=O)(=O)N(C)c3ccccc3)ccc2Cl)cc1. The van der Waals surface area contributed by atoms with Crippen LogP contribution in [-0.2, 0) is 10.0 Å². The van der Waals surface area contributed by atoms with E-state index in [1.807, 2.05) is 0 Å². The highest BCUT2D eigenvalue weighted by Gasteiger charge is 2.24. The smallest absolute Gasteiger partial charge is 0.345 e. The number of para-hydroxylation sites is 1. The first kappa shape index (κ1) is 21.5. The molecule has 0 amide bonds. The zero-order valence-electron chi connectivity index (χ0n) is 16.2. The second-order valence-electron chi connectivity index (χ2n) is 6.42. The molecule has 0 spiro atoms. The summed E-state index contributed by atoms with van der Waals surface area (Å²) in [5.41, 5.74) is 0.863. The van der Waals surface area contributed by atoms with Crippen LogP contribution >= 0.6 is 11.6 Å². The van der Waals surface area contributed by atoms with Gasteiger partial charge in [-0.15, -0.1) is 0 Å². The molecule has 0 aliphatic rings. The molecule has 0 atom stereocenters. The molecular formula is C22H18ClNO5S. The van der Waals surface area contributed by atoms with Crippen LogP contribution in [0.1, 0.15) is 27.6 Å². The maximum Gasteiger partial charge on any atom is 0.345 e. The first-order valence-electron chi connectivity index (χ1n) is 8.87. The highest BCUT2D eigenvalue weighted by atomic mass is 35.5. The Balaban J connectivity index is 1.89. The van der Waals surface area contributed by atoms with E-state index in [0.29, 0.717) is 11.3 Å². The number of nitrogens with zero attached hydrogens (tertiary/aromatic N) is 1. The lowest BCUT2D eigenvalue weighted by molar-refractivity contribution is 0.0734. The Morgan fingerprint density at radius 1 is 0.933 bits per heavy atom. The van der Waals surface area contributed by atoms with E-state index in [4.69, 9.17) is 16.3 Å². The van der Waals surface area contributed by atoms with Gasteiger partial charge in [0.05, 0.1) is 21.2 Å². The first-order valence-corrected chi connectivity index (χ1v) is 10.7. The van der Waals surface area contributed by atoms with Gasteiger partial charge in [-0.05, 0) is 61.5 Å². The van der Waals surface area contributed by atoms with Crippen molar-refractivity contribution in [3.63, 3.8) is 0 Å². The molecule has 3 aromatic carbocycles. The van der Waals surface area contributed by atoms with Crippen LogP contribution < -0.4 is 9.04 Å². The second-order valence-corrected chi connectivity index (χ2v) is 8.80. The summed E-state index contributed by atoms with van der Waals surface area (Å²) in [5, 5.41) is 0.0571. The molecule has 0 radical (unpaired) electrons. The molecule has 6 nitrogen and oxygen atoms in total. The average Bonchev–Trinajstić information content (AvgIpc) is 2.74. The molecule has 0 saturated heterocycles. The molecule has 0 unspecified atom stereocenters. The normalized spacial score (nSPS) is 11.0. The van der Waals surface area contributed by atoms with Crippen molar-refractivity contribution < 1.29 is 22.7 Å². The van der Waals surface area contributed by atoms with E-state index in [2.05, 4.69) is 0 Å². The highest BCUT2D eigenvalue weighted by molar-refractivity contribution is 7.92. The number of halogens is 1. The Labute approximate surface area is 179 Å². The number of rotatable bonds is 6. The third-order valence-electron chi connectivity index (χ3n) is 4.41. The molecule has 0 bridgehead atoms. The van der Waals surface area contributed by atoms with Crippen molar-refractivity contribution in [2.24, 2.45) is 0 Å². The Morgan fingerprint density at radius 3 is 2.17 bits per heavy atom. The van der Waals surface area contributed by atoms with Crippen molar-refractivity contribution in [3.8, 4) is 5.75 Å². The van der Waals surface area contributed by atoms with Gasteiger partial charge in [-0.25, -0.2) is 13.2 Å². The minimum absolute atomic E-state index is 0.0571. The van der Waals surface area contributed by atoms with Crippen molar-refractivity contribution in [1.82, 2.24) is 0 Å². The topological polar surface area (TPSA) is 80.8 Å². The highest BCUT2D eigenvalue weighted by Crippen LogP contribution is 2.26. The Bertz CT molecular complexity index is 1190. The Kier molecular flexibility index (Phi) is 6.24. The molecule has 154 valence electrons. The van der Waals surface area contributed by atoms with E-state index >= 15 is 0 Å². The molecule has 8 heteroatoms. The number of anilines is 1. The predicted octanol–water partition coefficient (Wildman–Crippen LogP) is 4.59. The van der Waals surface area contributed by atoms with E-state index in [-0.39, 0.29) is 27.0 Å². The molecule has 0 N–H and O–H groups in total. The maximum atomic E-state index is 13.0. The van der Waals surface area contributed by atoms with Gasteiger partial charge in [-0.2, -0.15) is 0 Å². The zero-order valence-corrected chi connectivity index (χ0v) is 17.8. The number of esters is 1. The van der Waals surface area contributed by atoms with Gasteiger partial charge >= 0.3 is 5.97 Å². The zero-order chi connectivity index (χ0) is 21.9. The van der Waals surface area contributed by atoms with E-state index in [9.17, 15) is 18.0 Å². The van der Waals surface area contributed by atoms with Crippen molar-refractivity contribution in [1.29, 1.82) is 0 Å². The summed E-state index contributed by atoms with van der Waals surface area (Å²) in [6.07, 6.45) is 0. The fraction of sp³-hybridized carbons (Fsp3) is 0.0909. The van der Waals surface area contributed by atoms with E-state index in [1.54, 1.807) is 30.3 Å². The molecule has 0 saturated carbocycles. The number of benzene rings is 3. The molecular weight excluding hydrogens is 426 g/mol. The minimum atomic E-state index is -3.92. The second kappa shape index (κ2) is 8.69. The summed E-state index contributed by atoms with van der Waals surface area (Å²) in [6, 6.07) is 18.4. The number of carbonyl (C=O) groups excluding carboxylic acids is 2. The van der Waals surface area contributed by atoms with Crippen molar-refractivity contribution in [2.75, 3.05) is 11.4 Å². The molecule has 0 fully saturated rings. The Hall–Kier alpha value is -3.16. The van der Waals surface area contributed by atoms with Crippen LogP contribution in [0.5, 0.6) is 5.75 Å². The lowest BCUT2D eigenvalue weighted by atomic mass is 10.1. The fourth-order valence-electron chi connectivity index (χ4n) is 2.68. The number of ketones is 1. The van der Waals surface area contributed by atoms with Gasteiger partial charge in [0, 0.05) is 12.6 Å². The third kappa shape index (κ3) is 4.53. The van der Waals surface area contributed by atoms with Crippen LogP contribution in [0.3, 0.4) is 0 Å². The van der Waals surface area contributed by atoms with Gasteiger partial charge in [-0.1, -0.05) is 29.8 Å². The summed E-state index contributed by atoms with van der Waals surface area (Å²) in [7, 11) is -2.50. The number of carbonyl (C=O) groups is 2. The van der Waals surface area contributed by atoms with Gasteiger partial charge in [-0.3, -0.25) is 9.10 Å². The van der Waals surface area contributed by atoms with E-state index in [1.165, 1.54) is 56.4 Å². The van der Waals surface area contributed by atoms with Crippen molar-refractivity contribution in [2.45, 2.75) is 11.8 Å². The average molecular weight is 444 g/mol.